The summed E-state index contributed by atoms with van der Waals surface area (Å²) in [4.78, 5) is 2.43. The fraction of sp³-hybridized carbons (Fsp3) is 0.667. The maximum absolute atomic E-state index is 5.53. The van der Waals surface area contributed by atoms with E-state index in [2.05, 4.69) is 69.1 Å². The Labute approximate surface area is 130 Å². The SMILES string of the molecule is CCN(CC)Cc1ccccc1NC(C)CC(C)(C)OC. The van der Waals surface area contributed by atoms with Crippen molar-refractivity contribution in [2.24, 2.45) is 0 Å². The Balaban J connectivity index is 2.74. The van der Waals surface area contributed by atoms with Gasteiger partial charge in [0.1, 0.15) is 0 Å². The Bertz CT molecular complexity index is 413. The van der Waals surface area contributed by atoms with Gasteiger partial charge in [-0.3, -0.25) is 4.90 Å². The third-order valence-corrected chi connectivity index (χ3v) is 4.06. The van der Waals surface area contributed by atoms with Crippen LogP contribution in [0.2, 0.25) is 0 Å². The molecule has 0 spiro atoms. The fourth-order valence-corrected chi connectivity index (χ4v) is 2.62. The Hall–Kier alpha value is -1.06. The summed E-state index contributed by atoms with van der Waals surface area (Å²) in [5, 5.41) is 3.65. The van der Waals surface area contributed by atoms with Crippen molar-refractivity contribution in [2.75, 3.05) is 25.5 Å². The summed E-state index contributed by atoms with van der Waals surface area (Å²) >= 11 is 0. The Morgan fingerprint density at radius 1 is 1.19 bits per heavy atom. The van der Waals surface area contributed by atoms with E-state index in [1.165, 1.54) is 11.3 Å². The molecule has 0 saturated heterocycles. The maximum Gasteiger partial charge on any atom is 0.0642 e. The Morgan fingerprint density at radius 2 is 1.81 bits per heavy atom. The molecule has 1 atom stereocenters. The topological polar surface area (TPSA) is 24.5 Å². The second-order valence-corrected chi connectivity index (χ2v) is 6.33. The Morgan fingerprint density at radius 3 is 2.38 bits per heavy atom. The van der Waals surface area contributed by atoms with E-state index < -0.39 is 0 Å². The van der Waals surface area contributed by atoms with Crippen LogP contribution < -0.4 is 5.32 Å². The summed E-state index contributed by atoms with van der Waals surface area (Å²) in [5.41, 5.74) is 2.51. The zero-order valence-electron chi connectivity index (χ0n) is 14.6. The van der Waals surface area contributed by atoms with Crippen LogP contribution in [0.1, 0.15) is 46.6 Å². The standard InChI is InChI=1S/C18H32N2O/c1-7-20(8-2)14-16-11-9-10-12-17(16)19-15(3)13-18(4,5)21-6/h9-12,15,19H,7-8,13-14H2,1-6H3. The van der Waals surface area contributed by atoms with Crippen LogP contribution in [0, 0.1) is 0 Å². The van der Waals surface area contributed by atoms with Gasteiger partial charge in [-0.05, 0) is 51.9 Å². The molecule has 0 radical (unpaired) electrons. The fourth-order valence-electron chi connectivity index (χ4n) is 2.62. The van der Waals surface area contributed by atoms with Gasteiger partial charge in [0, 0.05) is 25.4 Å². The number of anilines is 1. The molecule has 0 aliphatic heterocycles. The number of methoxy groups -OCH3 is 1. The molecule has 1 aromatic rings. The number of benzene rings is 1. The van der Waals surface area contributed by atoms with Crippen molar-refractivity contribution in [3.63, 3.8) is 0 Å². The third-order valence-electron chi connectivity index (χ3n) is 4.06. The van der Waals surface area contributed by atoms with Gasteiger partial charge in [-0.15, -0.1) is 0 Å². The van der Waals surface area contributed by atoms with Gasteiger partial charge < -0.3 is 10.1 Å². The molecule has 3 heteroatoms. The van der Waals surface area contributed by atoms with Gasteiger partial charge in [-0.1, -0.05) is 32.0 Å². The lowest BCUT2D eigenvalue weighted by atomic mass is 9.99. The van der Waals surface area contributed by atoms with Gasteiger partial charge in [-0.25, -0.2) is 0 Å². The number of nitrogens with one attached hydrogen (secondary N) is 1. The molecule has 0 aromatic heterocycles. The molecule has 0 saturated carbocycles. The van der Waals surface area contributed by atoms with Crippen molar-refractivity contribution in [3.8, 4) is 0 Å². The summed E-state index contributed by atoms with van der Waals surface area (Å²) in [6.45, 7) is 14.1. The molecule has 120 valence electrons. The van der Waals surface area contributed by atoms with Crippen LogP contribution in [0.5, 0.6) is 0 Å². The molecule has 0 aliphatic rings. The van der Waals surface area contributed by atoms with Crippen LogP contribution in [0.25, 0.3) is 0 Å². The summed E-state index contributed by atoms with van der Waals surface area (Å²) < 4.78 is 5.53. The highest BCUT2D eigenvalue weighted by Gasteiger charge is 2.20. The molecule has 1 rings (SSSR count). The predicted molar refractivity (Wildman–Crippen MR) is 91.9 cm³/mol. The van der Waals surface area contributed by atoms with Crippen LogP contribution in [0.3, 0.4) is 0 Å². The average Bonchev–Trinajstić information content (AvgIpc) is 2.45. The van der Waals surface area contributed by atoms with Crippen LogP contribution in [0.15, 0.2) is 24.3 Å². The molecule has 0 amide bonds. The molecule has 3 nitrogen and oxygen atoms in total. The molecule has 0 heterocycles. The number of rotatable bonds is 9. The largest absolute Gasteiger partial charge is 0.382 e. The predicted octanol–water partition coefficient (Wildman–Crippen LogP) is 4.14. The minimum absolute atomic E-state index is 0.0970. The minimum atomic E-state index is -0.0970. The minimum Gasteiger partial charge on any atom is -0.382 e. The highest BCUT2D eigenvalue weighted by Crippen LogP contribution is 2.22. The average molecular weight is 292 g/mol. The number of nitrogens with zero attached hydrogens (tertiary/aromatic N) is 1. The van der Waals surface area contributed by atoms with Gasteiger partial charge in [0.25, 0.3) is 0 Å². The molecule has 1 N–H and O–H groups in total. The van der Waals surface area contributed by atoms with Gasteiger partial charge in [0.15, 0.2) is 0 Å². The molecular formula is C18H32N2O. The molecular weight excluding hydrogens is 260 g/mol. The molecule has 21 heavy (non-hydrogen) atoms. The normalized spacial score (nSPS) is 13.5. The van der Waals surface area contributed by atoms with Crippen molar-refractivity contribution < 1.29 is 4.74 Å². The van der Waals surface area contributed by atoms with Crippen molar-refractivity contribution in [3.05, 3.63) is 29.8 Å². The molecule has 1 aromatic carbocycles. The van der Waals surface area contributed by atoms with Gasteiger partial charge >= 0.3 is 0 Å². The quantitative estimate of drug-likeness (QED) is 0.740. The first-order valence-corrected chi connectivity index (χ1v) is 8.03. The van der Waals surface area contributed by atoms with E-state index in [9.17, 15) is 0 Å². The van der Waals surface area contributed by atoms with Crippen LogP contribution in [-0.4, -0.2) is 36.7 Å². The van der Waals surface area contributed by atoms with Crippen molar-refractivity contribution in [1.29, 1.82) is 0 Å². The second-order valence-electron chi connectivity index (χ2n) is 6.33. The first kappa shape index (κ1) is 18.0. The maximum atomic E-state index is 5.53. The summed E-state index contributed by atoms with van der Waals surface area (Å²) in [6, 6.07) is 8.98. The molecule has 0 aliphatic carbocycles. The first-order chi connectivity index (χ1) is 9.91. The van der Waals surface area contributed by atoms with Gasteiger partial charge in [0.05, 0.1) is 5.60 Å². The molecule has 0 fully saturated rings. The van der Waals surface area contributed by atoms with Crippen molar-refractivity contribution in [1.82, 2.24) is 4.90 Å². The lowest BCUT2D eigenvalue weighted by molar-refractivity contribution is 0.0128. The summed E-state index contributed by atoms with van der Waals surface area (Å²) in [6.07, 6.45) is 0.975. The van der Waals surface area contributed by atoms with E-state index in [1.807, 2.05) is 0 Å². The van der Waals surface area contributed by atoms with E-state index in [0.29, 0.717) is 6.04 Å². The van der Waals surface area contributed by atoms with E-state index in [-0.39, 0.29) is 5.60 Å². The van der Waals surface area contributed by atoms with Crippen LogP contribution >= 0.6 is 0 Å². The van der Waals surface area contributed by atoms with Gasteiger partial charge in [-0.2, -0.15) is 0 Å². The third kappa shape index (κ3) is 6.06. The zero-order valence-corrected chi connectivity index (χ0v) is 14.6. The first-order valence-electron chi connectivity index (χ1n) is 8.03. The second kappa shape index (κ2) is 8.40. The Kier molecular flexibility index (Phi) is 7.20. The number of hydrogen-bond acceptors (Lipinski definition) is 3. The van der Waals surface area contributed by atoms with E-state index in [0.717, 1.165) is 26.1 Å². The number of hydrogen-bond donors (Lipinski definition) is 1. The zero-order chi connectivity index (χ0) is 15.9. The monoisotopic (exact) mass is 292 g/mol. The number of para-hydroxylation sites is 1. The van der Waals surface area contributed by atoms with Crippen molar-refractivity contribution >= 4 is 5.69 Å². The van der Waals surface area contributed by atoms with Crippen LogP contribution in [0.4, 0.5) is 5.69 Å². The van der Waals surface area contributed by atoms with E-state index >= 15 is 0 Å². The lowest BCUT2D eigenvalue weighted by Crippen LogP contribution is -2.31. The van der Waals surface area contributed by atoms with Crippen LogP contribution in [-0.2, 0) is 11.3 Å². The van der Waals surface area contributed by atoms with Crippen molar-refractivity contribution in [2.45, 2.75) is 59.2 Å². The summed E-state index contributed by atoms with van der Waals surface area (Å²) in [7, 11) is 1.78. The van der Waals surface area contributed by atoms with E-state index in [1.54, 1.807) is 7.11 Å². The summed E-state index contributed by atoms with van der Waals surface area (Å²) in [5.74, 6) is 0. The molecule has 1 unspecified atom stereocenters. The number of ether oxygens (including phenoxy) is 1. The highest BCUT2D eigenvalue weighted by molar-refractivity contribution is 5.51. The van der Waals surface area contributed by atoms with E-state index in [4.69, 9.17) is 4.74 Å². The molecule has 0 bridgehead atoms. The smallest absolute Gasteiger partial charge is 0.0642 e. The highest BCUT2D eigenvalue weighted by atomic mass is 16.5. The van der Waals surface area contributed by atoms with Gasteiger partial charge in [0.2, 0.25) is 0 Å². The lowest BCUT2D eigenvalue weighted by Gasteiger charge is -2.28.